The molecule has 0 bridgehead atoms. The van der Waals surface area contributed by atoms with Crippen molar-refractivity contribution in [3.05, 3.63) is 27.5 Å². The Hall–Kier alpha value is -0.890. The highest BCUT2D eigenvalue weighted by Crippen LogP contribution is 2.29. The van der Waals surface area contributed by atoms with E-state index in [0.717, 1.165) is 5.56 Å². The van der Waals surface area contributed by atoms with Crippen LogP contribution in [-0.4, -0.2) is 54.5 Å². The summed E-state index contributed by atoms with van der Waals surface area (Å²) in [7, 11) is 1.60. The Bertz CT molecular complexity index is 574. The number of rotatable bonds is 3. The molecule has 2 heterocycles. The molecule has 2 rings (SSSR count). The van der Waals surface area contributed by atoms with Crippen LogP contribution in [0.4, 0.5) is 4.79 Å². The molecule has 0 N–H and O–H groups in total. The first-order valence-corrected chi connectivity index (χ1v) is 8.80. The number of hydrogen-bond acceptors (Lipinski definition) is 5. The summed E-state index contributed by atoms with van der Waals surface area (Å²) in [4.78, 5) is 18.2. The first kappa shape index (κ1) is 19.4. The molecule has 1 fully saturated rings. The number of nitrogens with zero attached hydrogens (tertiary/aromatic N) is 2. The van der Waals surface area contributed by atoms with Gasteiger partial charge >= 0.3 is 6.09 Å². The van der Waals surface area contributed by atoms with Gasteiger partial charge in [0, 0.05) is 7.11 Å². The lowest BCUT2D eigenvalue weighted by molar-refractivity contribution is -0.109. The van der Waals surface area contributed by atoms with Gasteiger partial charge in [-0.15, -0.1) is 0 Å². The van der Waals surface area contributed by atoms with Crippen LogP contribution in [0.25, 0.3) is 0 Å². The maximum absolute atomic E-state index is 12.4. The van der Waals surface area contributed by atoms with Crippen LogP contribution in [0.2, 0.25) is 5.15 Å². The number of carbonyl (C=O) groups excluding carboxylic acids is 1. The van der Waals surface area contributed by atoms with Gasteiger partial charge in [-0.2, -0.15) is 0 Å². The van der Waals surface area contributed by atoms with Crippen molar-refractivity contribution in [2.24, 2.45) is 0 Å². The second-order valence-electron chi connectivity index (χ2n) is 6.63. The SMILES string of the molecule is COCC1CN(C(=O)OC(C)(C)C)CC(c2cc(Cl)nc(Br)c2)O1. The predicted octanol–water partition coefficient (Wildman–Crippen LogP) is 3.82. The van der Waals surface area contributed by atoms with Crippen LogP contribution in [0, 0.1) is 0 Å². The number of amides is 1. The van der Waals surface area contributed by atoms with Gasteiger partial charge in [0.25, 0.3) is 0 Å². The maximum Gasteiger partial charge on any atom is 0.410 e. The highest BCUT2D eigenvalue weighted by Gasteiger charge is 2.34. The molecule has 0 aromatic carbocycles. The second-order valence-corrected chi connectivity index (χ2v) is 7.83. The minimum atomic E-state index is -0.551. The van der Waals surface area contributed by atoms with Crippen molar-refractivity contribution in [3.63, 3.8) is 0 Å². The summed E-state index contributed by atoms with van der Waals surface area (Å²) >= 11 is 9.35. The third-order valence-electron chi connectivity index (χ3n) is 3.33. The van der Waals surface area contributed by atoms with Crippen LogP contribution in [0.15, 0.2) is 16.7 Å². The number of pyridine rings is 1. The Labute approximate surface area is 155 Å². The van der Waals surface area contributed by atoms with Crippen molar-refractivity contribution >= 4 is 33.6 Å². The molecule has 1 amide bonds. The lowest BCUT2D eigenvalue weighted by Gasteiger charge is -2.38. The fraction of sp³-hybridized carbons (Fsp3) is 0.625. The van der Waals surface area contributed by atoms with E-state index < -0.39 is 5.60 Å². The third kappa shape index (κ3) is 5.58. The van der Waals surface area contributed by atoms with Gasteiger partial charge in [-0.3, -0.25) is 0 Å². The summed E-state index contributed by atoms with van der Waals surface area (Å²) in [6.45, 7) is 6.70. The zero-order valence-corrected chi connectivity index (χ0v) is 16.6. The largest absolute Gasteiger partial charge is 0.444 e. The van der Waals surface area contributed by atoms with Gasteiger partial charge in [-0.05, 0) is 54.4 Å². The van der Waals surface area contributed by atoms with Gasteiger partial charge in [-0.25, -0.2) is 9.78 Å². The van der Waals surface area contributed by atoms with Crippen LogP contribution >= 0.6 is 27.5 Å². The van der Waals surface area contributed by atoms with E-state index in [2.05, 4.69) is 20.9 Å². The molecule has 1 aromatic rings. The molecule has 8 heteroatoms. The molecule has 0 saturated carbocycles. The van der Waals surface area contributed by atoms with Gasteiger partial charge in [-0.1, -0.05) is 11.6 Å². The third-order valence-corrected chi connectivity index (χ3v) is 3.93. The Kier molecular flexibility index (Phi) is 6.47. The highest BCUT2D eigenvalue weighted by atomic mass is 79.9. The zero-order chi connectivity index (χ0) is 17.9. The number of aromatic nitrogens is 1. The Morgan fingerprint density at radius 3 is 2.75 bits per heavy atom. The van der Waals surface area contributed by atoms with E-state index in [-0.39, 0.29) is 18.3 Å². The number of morpholine rings is 1. The van der Waals surface area contributed by atoms with E-state index in [1.54, 1.807) is 18.1 Å². The van der Waals surface area contributed by atoms with Crippen molar-refractivity contribution in [2.75, 3.05) is 26.8 Å². The molecule has 1 aromatic heterocycles. The van der Waals surface area contributed by atoms with Crippen molar-refractivity contribution in [3.8, 4) is 0 Å². The quantitative estimate of drug-likeness (QED) is 0.694. The van der Waals surface area contributed by atoms with Crippen LogP contribution < -0.4 is 0 Å². The molecule has 1 aliphatic heterocycles. The summed E-state index contributed by atoms with van der Waals surface area (Å²) in [5.74, 6) is 0. The molecule has 1 saturated heterocycles. The van der Waals surface area contributed by atoms with E-state index in [4.69, 9.17) is 25.8 Å². The smallest absolute Gasteiger partial charge is 0.410 e. The standard InChI is InChI=1S/C16H22BrClN2O4/c1-16(2,3)24-15(21)20-7-11(9-22-4)23-12(8-20)10-5-13(17)19-14(18)6-10/h5-6,11-12H,7-9H2,1-4H3. The van der Waals surface area contributed by atoms with Crippen molar-refractivity contribution in [1.82, 2.24) is 9.88 Å². The number of halogens is 2. The van der Waals surface area contributed by atoms with Crippen LogP contribution in [0.1, 0.15) is 32.4 Å². The summed E-state index contributed by atoms with van der Waals surface area (Å²) in [6, 6.07) is 3.57. The molecule has 6 nitrogen and oxygen atoms in total. The summed E-state index contributed by atoms with van der Waals surface area (Å²) in [6.07, 6.45) is -0.939. The van der Waals surface area contributed by atoms with E-state index in [9.17, 15) is 4.79 Å². The monoisotopic (exact) mass is 420 g/mol. The molecule has 0 spiro atoms. The lowest BCUT2D eigenvalue weighted by atomic mass is 10.1. The lowest BCUT2D eigenvalue weighted by Crippen LogP contribution is -2.49. The molecular weight excluding hydrogens is 400 g/mol. The van der Waals surface area contributed by atoms with Gasteiger partial charge in [0.15, 0.2) is 0 Å². The topological polar surface area (TPSA) is 60.9 Å². The van der Waals surface area contributed by atoms with Gasteiger partial charge < -0.3 is 19.1 Å². The summed E-state index contributed by atoms with van der Waals surface area (Å²) in [5.41, 5.74) is 0.293. The highest BCUT2D eigenvalue weighted by molar-refractivity contribution is 9.10. The summed E-state index contributed by atoms with van der Waals surface area (Å²) in [5, 5.41) is 0.362. The van der Waals surface area contributed by atoms with Crippen LogP contribution in [0.3, 0.4) is 0 Å². The second kappa shape index (κ2) is 7.99. The molecule has 2 unspecified atom stereocenters. The molecule has 134 valence electrons. The van der Waals surface area contributed by atoms with E-state index in [0.29, 0.717) is 29.5 Å². The minimum Gasteiger partial charge on any atom is -0.444 e. The molecule has 1 aliphatic rings. The van der Waals surface area contributed by atoms with Crippen molar-refractivity contribution < 1.29 is 19.0 Å². The average Bonchev–Trinajstić information content (AvgIpc) is 2.44. The van der Waals surface area contributed by atoms with E-state index in [1.807, 2.05) is 26.8 Å². The first-order chi connectivity index (χ1) is 11.2. The molecule has 2 atom stereocenters. The van der Waals surface area contributed by atoms with Gasteiger partial charge in [0.1, 0.15) is 21.5 Å². The predicted molar refractivity (Wildman–Crippen MR) is 94.2 cm³/mol. The van der Waals surface area contributed by atoms with Crippen LogP contribution in [0.5, 0.6) is 0 Å². The van der Waals surface area contributed by atoms with Gasteiger partial charge in [0.2, 0.25) is 0 Å². The Morgan fingerprint density at radius 2 is 2.17 bits per heavy atom. The molecular formula is C16H22BrClN2O4. The first-order valence-electron chi connectivity index (χ1n) is 7.63. The van der Waals surface area contributed by atoms with Crippen molar-refractivity contribution in [2.45, 2.75) is 38.6 Å². The fourth-order valence-corrected chi connectivity index (χ4v) is 3.22. The number of methoxy groups -OCH3 is 1. The minimum absolute atomic E-state index is 0.244. The fourth-order valence-electron chi connectivity index (χ4n) is 2.45. The van der Waals surface area contributed by atoms with Gasteiger partial charge in [0.05, 0.1) is 25.8 Å². The van der Waals surface area contributed by atoms with Crippen LogP contribution in [-0.2, 0) is 14.2 Å². The normalized spacial score (nSPS) is 21.7. The van der Waals surface area contributed by atoms with E-state index in [1.165, 1.54) is 0 Å². The Balaban J connectivity index is 2.20. The zero-order valence-electron chi connectivity index (χ0n) is 14.2. The number of hydrogen-bond donors (Lipinski definition) is 0. The number of carbonyl (C=O) groups is 1. The van der Waals surface area contributed by atoms with Crippen molar-refractivity contribution in [1.29, 1.82) is 0 Å². The molecule has 0 aliphatic carbocycles. The summed E-state index contributed by atoms with van der Waals surface area (Å²) < 4.78 is 17.3. The number of ether oxygens (including phenoxy) is 3. The Morgan fingerprint density at radius 1 is 1.46 bits per heavy atom. The maximum atomic E-state index is 12.4. The average molecular weight is 422 g/mol. The molecule has 0 radical (unpaired) electrons. The molecule has 24 heavy (non-hydrogen) atoms. The van der Waals surface area contributed by atoms with E-state index >= 15 is 0 Å².